The highest BCUT2D eigenvalue weighted by Crippen LogP contribution is 2.41. The molecule has 2 heterocycles. The Bertz CT molecular complexity index is 2070. The van der Waals surface area contributed by atoms with Crippen LogP contribution in [0.2, 0.25) is 5.02 Å². The predicted octanol–water partition coefficient (Wildman–Crippen LogP) is 9.01. The number of nitrogens with zero attached hydrogens (tertiary/aromatic N) is 2. The van der Waals surface area contributed by atoms with Crippen LogP contribution in [0.3, 0.4) is 0 Å². The van der Waals surface area contributed by atoms with Gasteiger partial charge in [-0.3, -0.25) is 19.3 Å². The van der Waals surface area contributed by atoms with Gasteiger partial charge >= 0.3 is 5.97 Å². The van der Waals surface area contributed by atoms with E-state index in [1.165, 1.54) is 4.90 Å². The van der Waals surface area contributed by atoms with E-state index < -0.39 is 12.6 Å². The Kier molecular flexibility index (Phi) is 8.71. The van der Waals surface area contributed by atoms with E-state index in [2.05, 4.69) is 15.9 Å². The molecule has 2 fully saturated rings. The van der Waals surface area contributed by atoms with Gasteiger partial charge in [0.1, 0.15) is 0 Å². The molecule has 9 heteroatoms. The van der Waals surface area contributed by atoms with E-state index in [0.29, 0.717) is 48.5 Å². The zero-order chi connectivity index (χ0) is 33.5. The number of carbonyl (C=O) groups is 4. The van der Waals surface area contributed by atoms with Crippen molar-refractivity contribution in [2.45, 2.75) is 32.6 Å². The molecule has 48 heavy (non-hydrogen) atoms. The van der Waals surface area contributed by atoms with Gasteiger partial charge in [0.2, 0.25) is 11.8 Å². The Hall–Kier alpha value is -4.66. The third-order valence-corrected chi connectivity index (χ3v) is 10.7. The van der Waals surface area contributed by atoms with Gasteiger partial charge in [0.25, 0.3) is 0 Å². The maximum absolute atomic E-state index is 13.6. The normalized spacial score (nSPS) is 17.4. The average molecular weight is 722 g/mol. The van der Waals surface area contributed by atoms with E-state index in [9.17, 15) is 19.2 Å². The molecule has 4 aromatic carbocycles. The van der Waals surface area contributed by atoms with E-state index in [4.69, 9.17) is 21.3 Å². The van der Waals surface area contributed by atoms with Crippen LogP contribution in [0.4, 0.5) is 5.69 Å². The van der Waals surface area contributed by atoms with Gasteiger partial charge in [-0.25, -0.2) is 9.78 Å². The van der Waals surface area contributed by atoms with Crippen molar-refractivity contribution >= 4 is 67.7 Å². The Morgan fingerprint density at radius 1 is 0.854 bits per heavy atom. The van der Waals surface area contributed by atoms with E-state index in [0.717, 1.165) is 36.8 Å². The molecule has 2 unspecified atom stereocenters. The zero-order valence-electron chi connectivity index (χ0n) is 26.0. The lowest BCUT2D eigenvalue weighted by molar-refractivity contribution is -0.122. The van der Waals surface area contributed by atoms with Gasteiger partial charge in [-0.15, -0.1) is 0 Å². The average Bonchev–Trinajstić information content (AvgIpc) is 3.38. The van der Waals surface area contributed by atoms with Crippen LogP contribution in [-0.4, -0.2) is 35.2 Å². The highest BCUT2D eigenvalue weighted by atomic mass is 79.9. The summed E-state index contributed by atoms with van der Waals surface area (Å²) < 4.78 is 6.17. The fourth-order valence-corrected chi connectivity index (χ4v) is 7.42. The monoisotopic (exact) mass is 720 g/mol. The second-order valence-electron chi connectivity index (χ2n) is 12.2. The number of ether oxygens (including phenoxy) is 1. The Balaban J connectivity index is 1.16. The molecule has 0 bridgehead atoms. The molecule has 7 nitrogen and oxygen atoms in total. The van der Waals surface area contributed by atoms with E-state index in [-0.39, 0.29) is 35.0 Å². The first-order valence-corrected chi connectivity index (χ1v) is 17.0. The number of carbonyl (C=O) groups excluding carboxylic acids is 4. The number of imide groups is 1. The van der Waals surface area contributed by atoms with Crippen molar-refractivity contribution in [3.8, 4) is 22.4 Å². The molecule has 1 saturated carbocycles. The molecule has 0 N–H and O–H groups in total. The number of hydrogen-bond acceptors (Lipinski definition) is 6. The highest BCUT2D eigenvalue weighted by molar-refractivity contribution is 9.10. The number of fused-ring (bicyclic) bond motifs is 2. The van der Waals surface area contributed by atoms with Crippen LogP contribution in [0.5, 0.6) is 0 Å². The lowest BCUT2D eigenvalue weighted by atomic mass is 9.81. The van der Waals surface area contributed by atoms with Crippen LogP contribution < -0.4 is 4.90 Å². The van der Waals surface area contributed by atoms with Crippen molar-refractivity contribution in [2.75, 3.05) is 11.5 Å². The number of rotatable bonds is 7. The predicted molar refractivity (Wildman–Crippen MR) is 189 cm³/mol. The van der Waals surface area contributed by atoms with E-state index in [1.54, 1.807) is 48.5 Å². The quantitative estimate of drug-likeness (QED) is 0.0946. The van der Waals surface area contributed by atoms with Gasteiger partial charge < -0.3 is 4.74 Å². The minimum atomic E-state index is -0.681. The van der Waals surface area contributed by atoms with Crippen LogP contribution in [0.1, 0.15) is 52.0 Å². The van der Waals surface area contributed by atoms with Gasteiger partial charge in [-0.1, -0.05) is 91.2 Å². The van der Waals surface area contributed by atoms with Crippen LogP contribution in [0, 0.1) is 18.8 Å². The molecular formula is C39H30BrClN2O5. The first kappa shape index (κ1) is 31.9. The number of benzene rings is 4. The fraction of sp³-hybridized carbons (Fsp3) is 0.205. The van der Waals surface area contributed by atoms with Crippen molar-refractivity contribution in [1.29, 1.82) is 0 Å². The summed E-state index contributed by atoms with van der Waals surface area (Å²) in [6.07, 6.45) is 3.41. The molecule has 1 aliphatic carbocycles. The van der Waals surface area contributed by atoms with Gasteiger partial charge in [-0.2, -0.15) is 0 Å². The molecule has 1 saturated heterocycles. The maximum Gasteiger partial charge on any atom is 0.339 e. The number of amides is 2. The molecule has 1 aromatic heterocycles. The van der Waals surface area contributed by atoms with Crippen LogP contribution in [-0.2, 0) is 14.3 Å². The molecule has 0 spiro atoms. The van der Waals surface area contributed by atoms with Crippen molar-refractivity contribution < 1.29 is 23.9 Å². The first-order valence-electron chi connectivity index (χ1n) is 15.8. The molecule has 1 aliphatic heterocycles. The summed E-state index contributed by atoms with van der Waals surface area (Å²) in [5, 5.41) is 0.980. The molecular weight excluding hydrogens is 692 g/mol. The van der Waals surface area contributed by atoms with Gasteiger partial charge in [-0.05, 0) is 76.7 Å². The summed E-state index contributed by atoms with van der Waals surface area (Å²) in [4.78, 5) is 59.1. The minimum absolute atomic E-state index is 0.135. The summed E-state index contributed by atoms with van der Waals surface area (Å²) in [5.41, 5.74) is 5.49. The van der Waals surface area contributed by atoms with Crippen LogP contribution >= 0.6 is 27.5 Å². The van der Waals surface area contributed by atoms with E-state index >= 15 is 0 Å². The summed E-state index contributed by atoms with van der Waals surface area (Å²) in [7, 11) is 0. The molecule has 240 valence electrons. The number of pyridine rings is 1. The molecule has 2 aliphatic rings. The number of aromatic nitrogens is 1. The second kappa shape index (κ2) is 13.1. The molecule has 7 rings (SSSR count). The molecule has 2 amide bonds. The number of hydrogen-bond donors (Lipinski definition) is 0. The number of esters is 1. The van der Waals surface area contributed by atoms with Gasteiger partial charge in [0.15, 0.2) is 12.4 Å². The molecule has 5 aromatic rings. The molecule has 2 atom stereocenters. The number of aryl methyl sites for hydroxylation is 1. The Labute approximate surface area is 291 Å². The smallest absolute Gasteiger partial charge is 0.339 e. The standard InChI is InChI=1S/C39H30BrClN2O5/c1-22-35(41)32(40)19-30-31(39(47)48-21-34(44)26-13-11-24(12-14-26)23-7-3-2-4-8-23)20-33(42-36(22)30)25-15-17-27(18-16-25)43-37(45)28-9-5-6-10-29(28)38(43)46/h2-4,7-8,11-20,28-29H,5-6,9-10,21H2,1H3. The summed E-state index contributed by atoms with van der Waals surface area (Å²) in [6.45, 7) is 1.38. The fourth-order valence-electron chi connectivity index (χ4n) is 6.75. The summed E-state index contributed by atoms with van der Waals surface area (Å²) >= 11 is 10.0. The van der Waals surface area contributed by atoms with Crippen LogP contribution in [0.25, 0.3) is 33.3 Å². The zero-order valence-corrected chi connectivity index (χ0v) is 28.4. The highest BCUT2D eigenvalue weighted by Gasteiger charge is 2.48. The lowest BCUT2D eigenvalue weighted by Crippen LogP contribution is -2.30. The lowest BCUT2D eigenvalue weighted by Gasteiger charge is -2.19. The van der Waals surface area contributed by atoms with Crippen molar-refractivity contribution in [3.63, 3.8) is 0 Å². The minimum Gasteiger partial charge on any atom is -0.454 e. The van der Waals surface area contributed by atoms with E-state index in [1.807, 2.05) is 49.4 Å². The largest absolute Gasteiger partial charge is 0.454 e. The first-order chi connectivity index (χ1) is 23.2. The number of halogens is 2. The SMILES string of the molecule is Cc1c(Cl)c(Br)cc2c(C(=O)OCC(=O)c3ccc(-c4ccccc4)cc3)cc(-c3ccc(N4C(=O)C5CCCCC5C4=O)cc3)nc12. The van der Waals surface area contributed by atoms with Crippen molar-refractivity contribution in [3.05, 3.63) is 117 Å². The van der Waals surface area contributed by atoms with Crippen molar-refractivity contribution in [1.82, 2.24) is 4.98 Å². The number of Topliss-reactive ketones (excluding diaryl/α,β-unsaturated/α-hetero) is 1. The topological polar surface area (TPSA) is 93.6 Å². The maximum atomic E-state index is 13.6. The Morgan fingerprint density at radius 2 is 1.46 bits per heavy atom. The van der Waals surface area contributed by atoms with Gasteiger partial charge in [0, 0.05) is 21.0 Å². The summed E-state index contributed by atoms with van der Waals surface area (Å²) in [5.74, 6) is -1.77. The third kappa shape index (κ3) is 5.84. The number of anilines is 1. The molecule has 0 radical (unpaired) electrons. The van der Waals surface area contributed by atoms with Crippen molar-refractivity contribution in [2.24, 2.45) is 11.8 Å². The van der Waals surface area contributed by atoms with Gasteiger partial charge in [0.05, 0.1) is 39.3 Å². The Morgan fingerprint density at radius 3 is 2.10 bits per heavy atom. The third-order valence-electron chi connectivity index (χ3n) is 9.35. The second-order valence-corrected chi connectivity index (χ2v) is 13.5. The number of ketones is 1. The summed E-state index contributed by atoms with van der Waals surface area (Å²) in [6, 6.07) is 27.4. The van der Waals surface area contributed by atoms with Crippen LogP contribution in [0.15, 0.2) is 95.5 Å².